The zero-order valence-electron chi connectivity index (χ0n) is 20.0. The van der Waals surface area contributed by atoms with E-state index in [1.165, 1.54) is 0 Å². The van der Waals surface area contributed by atoms with Crippen LogP contribution in [0.4, 0.5) is 0 Å². The molecule has 0 saturated heterocycles. The SMILES string of the molecule is CC(CNS(=O)(=O)C(C)C)c1ccc(-c2ccc(OCCN(C)C(C)(C)C)cc2)cc1. The number of ether oxygens (including phenoxy) is 1. The van der Waals surface area contributed by atoms with Gasteiger partial charge in [0, 0.05) is 18.6 Å². The molecule has 2 aromatic rings. The van der Waals surface area contributed by atoms with Crippen molar-refractivity contribution in [3.8, 4) is 16.9 Å². The van der Waals surface area contributed by atoms with Gasteiger partial charge in [-0.3, -0.25) is 4.90 Å². The summed E-state index contributed by atoms with van der Waals surface area (Å²) in [6.45, 7) is 13.9. The van der Waals surface area contributed by atoms with E-state index < -0.39 is 15.3 Å². The highest BCUT2D eigenvalue weighted by Gasteiger charge is 2.17. The van der Waals surface area contributed by atoms with Gasteiger partial charge in [-0.1, -0.05) is 43.3 Å². The van der Waals surface area contributed by atoms with Crippen molar-refractivity contribution in [3.05, 3.63) is 54.1 Å². The van der Waals surface area contributed by atoms with Crippen molar-refractivity contribution in [1.29, 1.82) is 0 Å². The van der Waals surface area contributed by atoms with Crippen LogP contribution in [0.3, 0.4) is 0 Å². The summed E-state index contributed by atoms with van der Waals surface area (Å²) in [5.41, 5.74) is 3.49. The van der Waals surface area contributed by atoms with Crippen molar-refractivity contribution >= 4 is 10.0 Å². The molecule has 0 aliphatic carbocycles. The van der Waals surface area contributed by atoms with Crippen molar-refractivity contribution in [2.45, 2.75) is 58.2 Å². The second kappa shape index (κ2) is 10.6. The van der Waals surface area contributed by atoms with Crippen molar-refractivity contribution < 1.29 is 13.2 Å². The van der Waals surface area contributed by atoms with Crippen LogP contribution in [-0.4, -0.2) is 50.9 Å². The molecular weight excluding hydrogens is 408 g/mol. The molecule has 0 aromatic heterocycles. The van der Waals surface area contributed by atoms with Gasteiger partial charge in [-0.05, 0) is 76.4 Å². The highest BCUT2D eigenvalue weighted by molar-refractivity contribution is 7.90. The predicted octanol–water partition coefficient (Wildman–Crippen LogP) is 4.89. The van der Waals surface area contributed by atoms with Gasteiger partial charge in [0.2, 0.25) is 10.0 Å². The fraction of sp³-hybridized carbons (Fsp3) is 0.520. The third-order valence-electron chi connectivity index (χ3n) is 5.72. The number of hydrogen-bond donors (Lipinski definition) is 1. The molecule has 0 radical (unpaired) electrons. The van der Waals surface area contributed by atoms with E-state index in [1.54, 1.807) is 13.8 Å². The van der Waals surface area contributed by atoms with Gasteiger partial charge in [-0.15, -0.1) is 0 Å². The summed E-state index contributed by atoms with van der Waals surface area (Å²) >= 11 is 0. The first kappa shape index (κ1) is 25.4. The first-order valence-electron chi connectivity index (χ1n) is 10.9. The Bertz CT molecular complexity index is 915. The van der Waals surface area contributed by atoms with Gasteiger partial charge in [0.15, 0.2) is 0 Å². The maximum atomic E-state index is 12.0. The quantitative estimate of drug-likeness (QED) is 0.564. The molecule has 1 unspecified atom stereocenters. The number of benzene rings is 2. The highest BCUT2D eigenvalue weighted by atomic mass is 32.2. The summed E-state index contributed by atoms with van der Waals surface area (Å²) in [6.07, 6.45) is 0. The van der Waals surface area contributed by atoms with Crippen LogP contribution in [0.2, 0.25) is 0 Å². The van der Waals surface area contributed by atoms with Crippen LogP contribution in [0, 0.1) is 0 Å². The van der Waals surface area contributed by atoms with Crippen molar-refractivity contribution in [2.24, 2.45) is 0 Å². The lowest BCUT2D eigenvalue weighted by molar-refractivity contribution is 0.144. The molecule has 0 heterocycles. The van der Waals surface area contributed by atoms with Gasteiger partial charge in [0.25, 0.3) is 0 Å². The molecule has 0 aliphatic heterocycles. The van der Waals surface area contributed by atoms with Crippen molar-refractivity contribution in [3.63, 3.8) is 0 Å². The van der Waals surface area contributed by atoms with Gasteiger partial charge in [-0.2, -0.15) is 0 Å². The lowest BCUT2D eigenvalue weighted by Crippen LogP contribution is -2.40. The van der Waals surface area contributed by atoms with Crippen LogP contribution >= 0.6 is 0 Å². The number of hydrogen-bond acceptors (Lipinski definition) is 4. The predicted molar refractivity (Wildman–Crippen MR) is 130 cm³/mol. The number of likely N-dealkylation sites (N-methyl/N-ethyl adjacent to an activating group) is 1. The normalized spacial score (nSPS) is 13.6. The molecule has 172 valence electrons. The Hall–Kier alpha value is -1.89. The van der Waals surface area contributed by atoms with E-state index in [-0.39, 0.29) is 11.5 Å². The highest BCUT2D eigenvalue weighted by Crippen LogP contribution is 2.25. The lowest BCUT2D eigenvalue weighted by Gasteiger charge is -2.31. The molecular formula is C25H38N2O3S. The lowest BCUT2D eigenvalue weighted by atomic mass is 9.98. The molecule has 0 saturated carbocycles. The molecule has 0 spiro atoms. The van der Waals surface area contributed by atoms with Crippen LogP contribution < -0.4 is 9.46 Å². The Morgan fingerprint density at radius 1 is 0.935 bits per heavy atom. The van der Waals surface area contributed by atoms with Gasteiger partial charge in [0.1, 0.15) is 12.4 Å². The summed E-state index contributed by atoms with van der Waals surface area (Å²) in [5, 5.41) is -0.423. The van der Waals surface area contributed by atoms with E-state index in [9.17, 15) is 8.42 Å². The summed E-state index contributed by atoms with van der Waals surface area (Å²) in [4.78, 5) is 2.28. The van der Waals surface area contributed by atoms with Crippen LogP contribution in [0.15, 0.2) is 48.5 Å². The monoisotopic (exact) mass is 446 g/mol. The third-order valence-corrected chi connectivity index (χ3v) is 7.53. The standard InChI is InChI=1S/C25H38N2O3S/c1-19(2)31(28,29)26-18-20(3)21-8-10-22(11-9-21)23-12-14-24(15-13-23)30-17-16-27(7)25(4,5)6/h8-15,19-20,26H,16-18H2,1-7H3. The smallest absolute Gasteiger partial charge is 0.213 e. The minimum absolute atomic E-state index is 0.101. The van der Waals surface area contributed by atoms with Crippen molar-refractivity contribution in [2.75, 3.05) is 26.7 Å². The van der Waals surface area contributed by atoms with E-state index in [0.717, 1.165) is 29.0 Å². The Kier molecular flexibility index (Phi) is 8.69. The Morgan fingerprint density at radius 2 is 1.45 bits per heavy atom. The van der Waals surface area contributed by atoms with E-state index in [0.29, 0.717) is 13.2 Å². The first-order chi connectivity index (χ1) is 14.4. The maximum absolute atomic E-state index is 12.0. The van der Waals surface area contributed by atoms with Gasteiger partial charge in [-0.25, -0.2) is 13.1 Å². The maximum Gasteiger partial charge on any atom is 0.213 e. The number of nitrogens with one attached hydrogen (secondary N) is 1. The molecule has 0 amide bonds. The minimum Gasteiger partial charge on any atom is -0.492 e. The molecule has 2 rings (SSSR count). The van der Waals surface area contributed by atoms with Gasteiger partial charge in [0.05, 0.1) is 5.25 Å². The second-order valence-electron chi connectivity index (χ2n) is 9.43. The van der Waals surface area contributed by atoms with Crippen LogP contribution in [0.1, 0.15) is 53.0 Å². The number of sulfonamides is 1. The van der Waals surface area contributed by atoms with Crippen LogP contribution in [0.5, 0.6) is 5.75 Å². The van der Waals surface area contributed by atoms with E-state index in [1.807, 2.05) is 19.1 Å². The molecule has 1 N–H and O–H groups in total. The molecule has 5 nitrogen and oxygen atoms in total. The van der Waals surface area contributed by atoms with E-state index >= 15 is 0 Å². The first-order valence-corrected chi connectivity index (χ1v) is 12.5. The molecule has 1 atom stereocenters. The average Bonchev–Trinajstić information content (AvgIpc) is 2.72. The Balaban J connectivity index is 1.92. The van der Waals surface area contributed by atoms with Crippen molar-refractivity contribution in [1.82, 2.24) is 9.62 Å². The summed E-state index contributed by atoms with van der Waals surface area (Å²) in [7, 11) is -1.13. The number of nitrogens with zero attached hydrogens (tertiary/aromatic N) is 1. The fourth-order valence-electron chi connectivity index (χ4n) is 2.91. The molecule has 0 aliphatic rings. The average molecular weight is 447 g/mol. The summed E-state index contributed by atoms with van der Waals surface area (Å²) in [5.74, 6) is 0.971. The molecule has 6 heteroatoms. The fourth-order valence-corrected chi connectivity index (χ4v) is 3.72. The molecule has 0 bridgehead atoms. The zero-order valence-corrected chi connectivity index (χ0v) is 20.8. The minimum atomic E-state index is -3.24. The van der Waals surface area contributed by atoms with Crippen LogP contribution in [0.25, 0.3) is 11.1 Å². The number of rotatable bonds is 10. The topological polar surface area (TPSA) is 58.6 Å². The van der Waals surface area contributed by atoms with Gasteiger partial charge >= 0.3 is 0 Å². The third kappa shape index (κ3) is 7.63. The van der Waals surface area contributed by atoms with E-state index in [4.69, 9.17) is 4.74 Å². The van der Waals surface area contributed by atoms with E-state index in [2.05, 4.69) is 73.8 Å². The molecule has 31 heavy (non-hydrogen) atoms. The Morgan fingerprint density at radius 3 is 1.94 bits per heavy atom. The van der Waals surface area contributed by atoms with Gasteiger partial charge < -0.3 is 4.74 Å². The van der Waals surface area contributed by atoms with Crippen LogP contribution in [-0.2, 0) is 10.0 Å². The largest absolute Gasteiger partial charge is 0.492 e. The zero-order chi connectivity index (χ0) is 23.2. The second-order valence-corrected chi connectivity index (χ2v) is 11.8. The molecule has 0 fully saturated rings. The summed E-state index contributed by atoms with van der Waals surface area (Å²) < 4.78 is 32.5. The summed E-state index contributed by atoms with van der Waals surface area (Å²) in [6, 6.07) is 16.4. The Labute approximate surface area is 188 Å². The molecule has 2 aromatic carbocycles.